The molecule has 0 bridgehead atoms. The van der Waals surface area contributed by atoms with Crippen LogP contribution in [0.25, 0.3) is 0 Å². The maximum atomic E-state index is 5.76. The molecule has 1 aliphatic heterocycles. The number of methoxy groups -OCH3 is 1. The molecule has 0 amide bonds. The molecule has 22 heavy (non-hydrogen) atoms. The minimum Gasteiger partial charge on any atom is -0.496 e. The van der Waals surface area contributed by atoms with E-state index in [2.05, 4.69) is 29.6 Å². The average Bonchev–Trinajstić information content (AvgIpc) is 2.59. The van der Waals surface area contributed by atoms with Gasteiger partial charge < -0.3 is 14.8 Å². The van der Waals surface area contributed by atoms with E-state index in [1.165, 1.54) is 16.7 Å². The average molecular weight is 297 g/mol. The lowest BCUT2D eigenvalue weighted by Gasteiger charge is -2.22. The first-order valence-electron chi connectivity index (χ1n) is 7.94. The number of fused-ring (bicyclic) bond motifs is 1. The maximum Gasteiger partial charge on any atom is 0.123 e. The summed E-state index contributed by atoms with van der Waals surface area (Å²) < 4.78 is 11.3. The van der Waals surface area contributed by atoms with E-state index in [1.807, 2.05) is 18.2 Å². The first kappa shape index (κ1) is 14.9. The molecule has 3 rings (SSSR count). The van der Waals surface area contributed by atoms with Crippen molar-refractivity contribution in [2.24, 2.45) is 0 Å². The molecule has 116 valence electrons. The Morgan fingerprint density at radius 3 is 2.82 bits per heavy atom. The third kappa shape index (κ3) is 3.42. The van der Waals surface area contributed by atoms with Crippen LogP contribution in [0.3, 0.4) is 0 Å². The predicted octanol–water partition coefficient (Wildman–Crippen LogP) is 3.35. The van der Waals surface area contributed by atoms with E-state index in [9.17, 15) is 0 Å². The fourth-order valence-electron chi connectivity index (χ4n) is 3.00. The maximum absolute atomic E-state index is 5.76. The van der Waals surface area contributed by atoms with Crippen LogP contribution in [-0.2, 0) is 19.4 Å². The van der Waals surface area contributed by atoms with Crippen molar-refractivity contribution in [3.63, 3.8) is 0 Å². The van der Waals surface area contributed by atoms with Crippen LogP contribution in [0.15, 0.2) is 42.5 Å². The SMILES string of the molecule is COc1ccc2c(c1CCNCc1ccccc1)CCCO2. The molecule has 1 aliphatic rings. The van der Waals surface area contributed by atoms with Crippen LogP contribution in [0.5, 0.6) is 11.5 Å². The minimum absolute atomic E-state index is 0.824. The monoisotopic (exact) mass is 297 g/mol. The molecule has 2 aromatic carbocycles. The molecule has 0 aromatic heterocycles. The van der Waals surface area contributed by atoms with Crippen molar-refractivity contribution < 1.29 is 9.47 Å². The van der Waals surface area contributed by atoms with Gasteiger partial charge in [-0.05, 0) is 43.5 Å². The van der Waals surface area contributed by atoms with Crippen LogP contribution in [0.1, 0.15) is 23.1 Å². The van der Waals surface area contributed by atoms with Crippen LogP contribution in [0, 0.1) is 0 Å². The molecule has 3 heteroatoms. The highest BCUT2D eigenvalue weighted by molar-refractivity contribution is 5.49. The predicted molar refractivity (Wildman–Crippen MR) is 88.7 cm³/mol. The van der Waals surface area contributed by atoms with E-state index < -0.39 is 0 Å². The Kier molecular flexibility index (Phi) is 4.96. The lowest BCUT2D eigenvalue weighted by molar-refractivity contribution is 0.286. The topological polar surface area (TPSA) is 30.5 Å². The third-order valence-corrected chi connectivity index (χ3v) is 4.12. The van der Waals surface area contributed by atoms with Gasteiger partial charge in [0, 0.05) is 17.7 Å². The number of rotatable bonds is 6. The number of nitrogens with one attached hydrogen (secondary N) is 1. The summed E-state index contributed by atoms with van der Waals surface area (Å²) in [6.07, 6.45) is 3.13. The van der Waals surface area contributed by atoms with Gasteiger partial charge in [-0.25, -0.2) is 0 Å². The Bertz CT molecular complexity index is 610. The van der Waals surface area contributed by atoms with Crippen molar-refractivity contribution in [2.45, 2.75) is 25.8 Å². The van der Waals surface area contributed by atoms with E-state index in [1.54, 1.807) is 7.11 Å². The Labute approximate surface area is 132 Å². The lowest BCUT2D eigenvalue weighted by atomic mass is 9.96. The molecule has 0 aliphatic carbocycles. The van der Waals surface area contributed by atoms with Crippen molar-refractivity contribution >= 4 is 0 Å². The molecule has 0 atom stereocenters. The molecule has 1 heterocycles. The van der Waals surface area contributed by atoms with Crippen LogP contribution in [0.2, 0.25) is 0 Å². The van der Waals surface area contributed by atoms with E-state index in [0.29, 0.717) is 0 Å². The van der Waals surface area contributed by atoms with E-state index in [-0.39, 0.29) is 0 Å². The summed E-state index contributed by atoms with van der Waals surface area (Å²) in [5, 5.41) is 3.51. The van der Waals surface area contributed by atoms with Gasteiger partial charge in [-0.1, -0.05) is 30.3 Å². The summed E-state index contributed by atoms with van der Waals surface area (Å²) in [6.45, 7) is 2.65. The Balaban J connectivity index is 1.64. The fourth-order valence-corrected chi connectivity index (χ4v) is 3.00. The third-order valence-electron chi connectivity index (χ3n) is 4.12. The molecule has 3 nitrogen and oxygen atoms in total. The van der Waals surface area contributed by atoms with Crippen molar-refractivity contribution in [1.29, 1.82) is 0 Å². The number of hydrogen-bond donors (Lipinski definition) is 1. The standard InChI is InChI=1S/C19H23NO2/c1-21-18-9-10-19-16(8-5-13-22-19)17(18)11-12-20-14-15-6-3-2-4-7-15/h2-4,6-7,9-10,20H,5,8,11-14H2,1H3. The van der Waals surface area contributed by atoms with Gasteiger partial charge in [0.2, 0.25) is 0 Å². The van der Waals surface area contributed by atoms with Gasteiger partial charge in [0.1, 0.15) is 11.5 Å². The fraction of sp³-hybridized carbons (Fsp3) is 0.368. The number of benzene rings is 2. The zero-order valence-corrected chi connectivity index (χ0v) is 13.1. The summed E-state index contributed by atoms with van der Waals surface area (Å²) in [5.41, 5.74) is 3.93. The smallest absolute Gasteiger partial charge is 0.123 e. The molecular formula is C19H23NO2. The molecule has 0 unspecified atom stereocenters. The van der Waals surface area contributed by atoms with Gasteiger partial charge in [0.05, 0.1) is 13.7 Å². The van der Waals surface area contributed by atoms with E-state index >= 15 is 0 Å². The van der Waals surface area contributed by atoms with Gasteiger partial charge in [0.15, 0.2) is 0 Å². The first-order chi connectivity index (χ1) is 10.9. The van der Waals surface area contributed by atoms with Crippen molar-refractivity contribution in [3.05, 3.63) is 59.2 Å². The zero-order chi connectivity index (χ0) is 15.2. The van der Waals surface area contributed by atoms with E-state index in [0.717, 1.165) is 50.5 Å². The Morgan fingerprint density at radius 1 is 1.14 bits per heavy atom. The molecule has 0 saturated carbocycles. The molecular weight excluding hydrogens is 274 g/mol. The quantitative estimate of drug-likeness (QED) is 0.829. The molecule has 2 aromatic rings. The van der Waals surface area contributed by atoms with Gasteiger partial charge >= 0.3 is 0 Å². The van der Waals surface area contributed by atoms with Gasteiger partial charge in [-0.15, -0.1) is 0 Å². The van der Waals surface area contributed by atoms with Crippen molar-refractivity contribution in [2.75, 3.05) is 20.3 Å². The molecule has 0 fully saturated rings. The Morgan fingerprint density at radius 2 is 2.00 bits per heavy atom. The van der Waals surface area contributed by atoms with Gasteiger partial charge in [-0.2, -0.15) is 0 Å². The van der Waals surface area contributed by atoms with Crippen LogP contribution < -0.4 is 14.8 Å². The number of hydrogen-bond acceptors (Lipinski definition) is 3. The second kappa shape index (κ2) is 7.32. The molecule has 0 spiro atoms. The largest absolute Gasteiger partial charge is 0.496 e. The second-order valence-electron chi connectivity index (χ2n) is 5.59. The molecule has 0 saturated heterocycles. The van der Waals surface area contributed by atoms with Crippen LogP contribution >= 0.6 is 0 Å². The summed E-state index contributed by atoms with van der Waals surface area (Å²) in [6, 6.07) is 14.5. The first-order valence-corrected chi connectivity index (χ1v) is 7.94. The summed E-state index contributed by atoms with van der Waals surface area (Å²) in [5.74, 6) is 2.01. The highest BCUT2D eigenvalue weighted by Crippen LogP contribution is 2.34. The van der Waals surface area contributed by atoms with Crippen molar-refractivity contribution in [1.82, 2.24) is 5.32 Å². The van der Waals surface area contributed by atoms with Crippen LogP contribution in [0.4, 0.5) is 0 Å². The molecule has 0 radical (unpaired) electrons. The number of ether oxygens (including phenoxy) is 2. The molecule has 1 N–H and O–H groups in total. The second-order valence-corrected chi connectivity index (χ2v) is 5.59. The van der Waals surface area contributed by atoms with Gasteiger partial charge in [0.25, 0.3) is 0 Å². The van der Waals surface area contributed by atoms with Crippen molar-refractivity contribution in [3.8, 4) is 11.5 Å². The minimum atomic E-state index is 0.824. The summed E-state index contributed by atoms with van der Waals surface area (Å²) >= 11 is 0. The Hall–Kier alpha value is -2.00. The van der Waals surface area contributed by atoms with E-state index in [4.69, 9.17) is 9.47 Å². The van der Waals surface area contributed by atoms with Gasteiger partial charge in [-0.3, -0.25) is 0 Å². The zero-order valence-electron chi connectivity index (χ0n) is 13.1. The highest BCUT2D eigenvalue weighted by Gasteiger charge is 2.17. The lowest BCUT2D eigenvalue weighted by Crippen LogP contribution is -2.19. The summed E-state index contributed by atoms with van der Waals surface area (Å²) in [7, 11) is 1.74. The highest BCUT2D eigenvalue weighted by atomic mass is 16.5. The summed E-state index contributed by atoms with van der Waals surface area (Å²) in [4.78, 5) is 0. The van der Waals surface area contributed by atoms with Crippen LogP contribution in [-0.4, -0.2) is 20.3 Å². The normalized spacial score (nSPS) is 13.3.